The third-order valence-electron chi connectivity index (χ3n) is 6.67. The second kappa shape index (κ2) is 10.4. The van der Waals surface area contributed by atoms with Crippen molar-refractivity contribution in [3.05, 3.63) is 132 Å². The van der Waals surface area contributed by atoms with Crippen LogP contribution in [0.15, 0.2) is 115 Å². The monoisotopic (exact) mass is 458 g/mol. The van der Waals surface area contributed by atoms with Gasteiger partial charge in [-0.15, -0.1) is 0 Å². The SMILES string of the molecule is Cn1cc(CCN(CCc2ccc(-c3ccccc3)cc2)C(=O)c2ccccc2)c2ccccc21. The number of para-hydroxylation sites is 1. The van der Waals surface area contributed by atoms with E-state index in [0.29, 0.717) is 13.1 Å². The quantitative estimate of drug-likeness (QED) is 0.252. The van der Waals surface area contributed by atoms with Crippen LogP contribution in [-0.4, -0.2) is 28.5 Å². The van der Waals surface area contributed by atoms with E-state index in [1.807, 2.05) is 41.3 Å². The van der Waals surface area contributed by atoms with E-state index in [-0.39, 0.29) is 5.91 Å². The molecule has 1 amide bonds. The third-order valence-corrected chi connectivity index (χ3v) is 6.67. The molecule has 0 radical (unpaired) electrons. The zero-order valence-corrected chi connectivity index (χ0v) is 20.1. The summed E-state index contributed by atoms with van der Waals surface area (Å²) in [6.45, 7) is 1.37. The lowest BCUT2D eigenvalue weighted by atomic mass is 10.0. The molecule has 0 N–H and O–H groups in total. The standard InChI is InChI=1S/C32H30N2O/c1-33-24-29(30-14-8-9-15-31(30)33)21-23-34(32(35)28-12-6-3-7-13-28)22-20-25-16-18-27(19-17-25)26-10-4-2-5-11-26/h2-19,24H,20-23H2,1H3. The Morgan fingerprint density at radius 1 is 0.686 bits per heavy atom. The van der Waals surface area contributed by atoms with Crippen molar-refractivity contribution in [2.24, 2.45) is 7.05 Å². The first-order valence-electron chi connectivity index (χ1n) is 12.2. The van der Waals surface area contributed by atoms with Crippen LogP contribution < -0.4 is 0 Å². The van der Waals surface area contributed by atoms with Gasteiger partial charge in [-0.1, -0.05) is 91.0 Å². The minimum Gasteiger partial charge on any atom is -0.350 e. The van der Waals surface area contributed by atoms with Gasteiger partial charge in [-0.05, 0) is 53.3 Å². The van der Waals surface area contributed by atoms with E-state index in [1.165, 1.54) is 33.2 Å². The highest BCUT2D eigenvalue weighted by atomic mass is 16.2. The summed E-state index contributed by atoms with van der Waals surface area (Å²) in [6.07, 6.45) is 3.84. The Kier molecular flexibility index (Phi) is 6.76. The number of benzene rings is 4. The molecule has 174 valence electrons. The van der Waals surface area contributed by atoms with Gasteiger partial charge in [0.2, 0.25) is 0 Å². The fourth-order valence-corrected chi connectivity index (χ4v) is 4.72. The molecule has 0 bridgehead atoms. The van der Waals surface area contributed by atoms with Crippen molar-refractivity contribution in [3.63, 3.8) is 0 Å². The highest BCUT2D eigenvalue weighted by molar-refractivity contribution is 5.94. The Bertz CT molecular complexity index is 1400. The molecule has 1 aromatic heterocycles. The van der Waals surface area contributed by atoms with E-state index in [2.05, 4.69) is 90.6 Å². The van der Waals surface area contributed by atoms with Gasteiger partial charge in [0.25, 0.3) is 5.91 Å². The molecule has 3 heteroatoms. The number of rotatable bonds is 8. The van der Waals surface area contributed by atoms with Crippen LogP contribution in [-0.2, 0) is 19.9 Å². The van der Waals surface area contributed by atoms with Gasteiger partial charge in [0.15, 0.2) is 0 Å². The molecule has 0 saturated heterocycles. The van der Waals surface area contributed by atoms with E-state index in [9.17, 15) is 4.79 Å². The number of fused-ring (bicyclic) bond motifs is 1. The van der Waals surface area contributed by atoms with Crippen LogP contribution >= 0.6 is 0 Å². The predicted molar refractivity (Wildman–Crippen MR) is 145 cm³/mol. The highest BCUT2D eigenvalue weighted by Crippen LogP contribution is 2.22. The largest absolute Gasteiger partial charge is 0.350 e. The van der Waals surface area contributed by atoms with Crippen molar-refractivity contribution in [1.29, 1.82) is 0 Å². The first-order valence-corrected chi connectivity index (χ1v) is 12.2. The van der Waals surface area contributed by atoms with Gasteiger partial charge in [0, 0.05) is 42.8 Å². The van der Waals surface area contributed by atoms with E-state index in [4.69, 9.17) is 0 Å². The van der Waals surface area contributed by atoms with E-state index < -0.39 is 0 Å². The summed E-state index contributed by atoms with van der Waals surface area (Å²) in [4.78, 5) is 15.4. The van der Waals surface area contributed by atoms with Crippen molar-refractivity contribution in [2.75, 3.05) is 13.1 Å². The molecule has 3 nitrogen and oxygen atoms in total. The first kappa shape index (κ1) is 22.7. The van der Waals surface area contributed by atoms with Crippen LogP contribution in [0.5, 0.6) is 0 Å². The van der Waals surface area contributed by atoms with Crippen LogP contribution in [0.4, 0.5) is 0 Å². The van der Waals surface area contributed by atoms with Crippen molar-refractivity contribution >= 4 is 16.8 Å². The Hall–Kier alpha value is -4.11. The molecule has 0 aliphatic carbocycles. The highest BCUT2D eigenvalue weighted by Gasteiger charge is 2.17. The smallest absolute Gasteiger partial charge is 0.253 e. The summed E-state index contributed by atoms with van der Waals surface area (Å²) in [7, 11) is 2.08. The van der Waals surface area contributed by atoms with E-state index in [0.717, 1.165) is 18.4 Å². The lowest BCUT2D eigenvalue weighted by Crippen LogP contribution is -2.34. The van der Waals surface area contributed by atoms with Crippen molar-refractivity contribution in [2.45, 2.75) is 12.8 Å². The second-order valence-corrected chi connectivity index (χ2v) is 9.00. The molecule has 1 heterocycles. The molecule has 5 rings (SSSR count). The molecule has 0 unspecified atom stereocenters. The summed E-state index contributed by atoms with van der Waals surface area (Å²) in [5.41, 5.74) is 6.91. The summed E-state index contributed by atoms with van der Waals surface area (Å²) < 4.78 is 2.17. The number of amides is 1. The van der Waals surface area contributed by atoms with Crippen LogP contribution in [0.25, 0.3) is 22.0 Å². The lowest BCUT2D eigenvalue weighted by molar-refractivity contribution is 0.0759. The molecule has 35 heavy (non-hydrogen) atoms. The fourth-order valence-electron chi connectivity index (χ4n) is 4.72. The average molecular weight is 459 g/mol. The van der Waals surface area contributed by atoms with E-state index >= 15 is 0 Å². The lowest BCUT2D eigenvalue weighted by Gasteiger charge is -2.23. The number of carbonyl (C=O) groups excluding carboxylic acids is 1. The number of hydrogen-bond acceptors (Lipinski definition) is 1. The van der Waals surface area contributed by atoms with E-state index in [1.54, 1.807) is 0 Å². The molecule has 0 atom stereocenters. The molecular formula is C32H30N2O. The number of nitrogens with zero attached hydrogens (tertiary/aromatic N) is 2. The Labute approximate surface area is 207 Å². The predicted octanol–water partition coefficient (Wildman–Crippen LogP) is 6.77. The number of hydrogen-bond donors (Lipinski definition) is 0. The molecule has 5 aromatic rings. The third kappa shape index (κ3) is 5.20. The number of aryl methyl sites for hydroxylation is 1. The molecule has 4 aromatic carbocycles. The van der Waals surface area contributed by atoms with Crippen molar-refractivity contribution in [1.82, 2.24) is 9.47 Å². The van der Waals surface area contributed by atoms with Crippen LogP contribution in [0, 0.1) is 0 Å². The fraction of sp³-hybridized carbons (Fsp3) is 0.156. The van der Waals surface area contributed by atoms with Gasteiger partial charge < -0.3 is 9.47 Å². The van der Waals surface area contributed by atoms with Crippen molar-refractivity contribution < 1.29 is 4.79 Å². The zero-order chi connectivity index (χ0) is 24.0. The van der Waals surface area contributed by atoms with Gasteiger partial charge in [0.1, 0.15) is 0 Å². The minimum absolute atomic E-state index is 0.0896. The van der Waals surface area contributed by atoms with Gasteiger partial charge in [-0.2, -0.15) is 0 Å². The maximum absolute atomic E-state index is 13.4. The summed E-state index contributed by atoms with van der Waals surface area (Å²) in [5, 5.41) is 1.26. The van der Waals surface area contributed by atoms with Gasteiger partial charge in [-0.25, -0.2) is 0 Å². The molecule has 0 aliphatic rings. The van der Waals surface area contributed by atoms with Crippen LogP contribution in [0.2, 0.25) is 0 Å². The molecular weight excluding hydrogens is 428 g/mol. The maximum atomic E-state index is 13.4. The summed E-state index contributed by atoms with van der Waals surface area (Å²) in [5.74, 6) is 0.0896. The number of carbonyl (C=O) groups is 1. The molecule has 0 spiro atoms. The second-order valence-electron chi connectivity index (χ2n) is 9.00. The van der Waals surface area contributed by atoms with Gasteiger partial charge in [0.05, 0.1) is 0 Å². The zero-order valence-electron chi connectivity index (χ0n) is 20.1. The van der Waals surface area contributed by atoms with Gasteiger partial charge in [-0.3, -0.25) is 4.79 Å². The Balaban J connectivity index is 1.32. The Morgan fingerprint density at radius 2 is 1.29 bits per heavy atom. The normalized spacial score (nSPS) is 11.0. The molecule has 0 saturated carbocycles. The van der Waals surface area contributed by atoms with Crippen LogP contribution in [0.3, 0.4) is 0 Å². The maximum Gasteiger partial charge on any atom is 0.253 e. The number of aromatic nitrogens is 1. The molecule has 0 fully saturated rings. The summed E-state index contributed by atoms with van der Waals surface area (Å²) in [6, 6.07) is 37.2. The van der Waals surface area contributed by atoms with Gasteiger partial charge >= 0.3 is 0 Å². The minimum atomic E-state index is 0.0896. The first-order chi connectivity index (χ1) is 17.2. The summed E-state index contributed by atoms with van der Waals surface area (Å²) >= 11 is 0. The van der Waals surface area contributed by atoms with Crippen LogP contribution in [0.1, 0.15) is 21.5 Å². The topological polar surface area (TPSA) is 25.2 Å². The Morgan fingerprint density at radius 3 is 2.03 bits per heavy atom. The average Bonchev–Trinajstić information content (AvgIpc) is 3.25. The molecule has 0 aliphatic heterocycles. The van der Waals surface area contributed by atoms with Crippen molar-refractivity contribution in [3.8, 4) is 11.1 Å².